The van der Waals surface area contributed by atoms with E-state index in [0.29, 0.717) is 11.1 Å². The molecule has 0 unspecified atom stereocenters. The smallest absolute Gasteiger partial charge is 0.268 e. The number of nitriles is 1. The molecule has 1 saturated heterocycles. The summed E-state index contributed by atoms with van der Waals surface area (Å²) in [5.74, 6) is 1.72. The van der Waals surface area contributed by atoms with Crippen LogP contribution in [0.15, 0.2) is 43.0 Å². The Bertz CT molecular complexity index is 1020. The molecule has 1 aliphatic rings. The summed E-state index contributed by atoms with van der Waals surface area (Å²) in [5.41, 5.74) is 1.43. The molecule has 0 saturated carbocycles. The summed E-state index contributed by atoms with van der Waals surface area (Å²) >= 11 is 0. The number of nitrogens with zero attached hydrogens (tertiary/aromatic N) is 4. The van der Waals surface area contributed by atoms with E-state index in [2.05, 4.69) is 21.8 Å². The standard InChI is InChI=1S/C21H16F2N4O2/c22-21(23)11-17(12-24)27(14-21)20(29)4-3-19(28)18-7-10-26-13-16(18)2-1-15-5-8-25-9-6-15/h5-10,13,17H,3-4,11,14H2/t17-/m0/s1. The maximum Gasteiger partial charge on any atom is 0.268 e. The van der Waals surface area contributed by atoms with Gasteiger partial charge in [0.15, 0.2) is 5.78 Å². The van der Waals surface area contributed by atoms with Crippen molar-refractivity contribution in [2.75, 3.05) is 6.54 Å². The fraction of sp³-hybridized carbons (Fsp3) is 0.286. The highest BCUT2D eigenvalue weighted by Gasteiger charge is 2.47. The number of aromatic nitrogens is 2. The van der Waals surface area contributed by atoms with Gasteiger partial charge in [0.05, 0.1) is 18.2 Å². The van der Waals surface area contributed by atoms with Gasteiger partial charge in [-0.25, -0.2) is 8.78 Å². The number of carbonyl (C=O) groups is 2. The van der Waals surface area contributed by atoms with Crippen LogP contribution in [0.5, 0.6) is 0 Å². The lowest BCUT2D eigenvalue weighted by Crippen LogP contribution is -2.36. The highest BCUT2D eigenvalue weighted by atomic mass is 19.3. The highest BCUT2D eigenvalue weighted by molar-refractivity contribution is 6.00. The second-order valence-electron chi connectivity index (χ2n) is 6.56. The molecule has 3 heterocycles. The van der Waals surface area contributed by atoms with Crippen LogP contribution < -0.4 is 0 Å². The van der Waals surface area contributed by atoms with Gasteiger partial charge in [-0.3, -0.25) is 19.6 Å². The van der Waals surface area contributed by atoms with Crippen molar-refractivity contribution < 1.29 is 18.4 Å². The van der Waals surface area contributed by atoms with Crippen molar-refractivity contribution in [2.24, 2.45) is 0 Å². The van der Waals surface area contributed by atoms with Gasteiger partial charge in [0, 0.05) is 55.2 Å². The Balaban J connectivity index is 1.68. The number of rotatable bonds is 4. The second-order valence-corrected chi connectivity index (χ2v) is 6.56. The average Bonchev–Trinajstić information content (AvgIpc) is 3.06. The molecule has 2 aromatic rings. The molecule has 3 rings (SSSR count). The van der Waals surface area contributed by atoms with Crippen molar-refractivity contribution in [2.45, 2.75) is 31.2 Å². The van der Waals surface area contributed by atoms with E-state index in [9.17, 15) is 18.4 Å². The first-order valence-corrected chi connectivity index (χ1v) is 8.86. The van der Waals surface area contributed by atoms with Crippen molar-refractivity contribution >= 4 is 11.7 Å². The van der Waals surface area contributed by atoms with E-state index < -0.39 is 30.8 Å². The number of likely N-dealkylation sites (tertiary alicyclic amines) is 1. The summed E-state index contributed by atoms with van der Waals surface area (Å²) in [6.45, 7) is -0.795. The number of Topliss-reactive ketones (excluding diaryl/α,β-unsaturated/α-hetero) is 1. The lowest BCUT2D eigenvalue weighted by molar-refractivity contribution is -0.132. The van der Waals surface area contributed by atoms with Gasteiger partial charge in [-0.05, 0) is 18.2 Å². The van der Waals surface area contributed by atoms with Crippen LogP contribution in [0.25, 0.3) is 0 Å². The monoisotopic (exact) mass is 394 g/mol. The zero-order valence-electron chi connectivity index (χ0n) is 15.3. The summed E-state index contributed by atoms with van der Waals surface area (Å²) < 4.78 is 27.0. The molecule has 1 fully saturated rings. The van der Waals surface area contributed by atoms with Gasteiger partial charge in [0.2, 0.25) is 5.91 Å². The van der Waals surface area contributed by atoms with Gasteiger partial charge in [0.1, 0.15) is 6.04 Å². The van der Waals surface area contributed by atoms with Crippen LogP contribution in [0.4, 0.5) is 8.78 Å². The fourth-order valence-corrected chi connectivity index (χ4v) is 3.01. The molecule has 2 aromatic heterocycles. The second kappa shape index (κ2) is 8.57. The third-order valence-electron chi connectivity index (χ3n) is 4.45. The van der Waals surface area contributed by atoms with Crippen LogP contribution in [0.3, 0.4) is 0 Å². The van der Waals surface area contributed by atoms with Crippen LogP contribution in [0.1, 0.15) is 40.7 Å². The highest BCUT2D eigenvalue weighted by Crippen LogP contribution is 2.32. The van der Waals surface area contributed by atoms with Crippen LogP contribution in [0.2, 0.25) is 0 Å². The van der Waals surface area contributed by atoms with Crippen molar-refractivity contribution in [3.63, 3.8) is 0 Å². The minimum atomic E-state index is -3.08. The Morgan fingerprint density at radius 3 is 2.59 bits per heavy atom. The Kier molecular flexibility index (Phi) is 5.94. The Hall–Kier alpha value is -3.65. The summed E-state index contributed by atoms with van der Waals surface area (Å²) in [4.78, 5) is 33.6. The molecule has 0 spiro atoms. The molecule has 0 N–H and O–H groups in total. The molecule has 8 heteroatoms. The van der Waals surface area contributed by atoms with E-state index in [0.717, 1.165) is 10.5 Å². The number of amides is 1. The number of halogens is 2. The SMILES string of the molecule is N#C[C@@H]1CC(F)(F)CN1C(=O)CCC(=O)c1ccncc1C#Cc1ccncc1. The van der Waals surface area contributed by atoms with Gasteiger partial charge in [-0.15, -0.1) is 0 Å². The van der Waals surface area contributed by atoms with E-state index >= 15 is 0 Å². The summed E-state index contributed by atoms with van der Waals surface area (Å²) in [7, 11) is 0. The molecule has 1 aliphatic heterocycles. The van der Waals surface area contributed by atoms with E-state index in [1.165, 1.54) is 18.5 Å². The number of hydrogen-bond donors (Lipinski definition) is 0. The summed E-state index contributed by atoms with van der Waals surface area (Å²) in [5, 5.41) is 8.99. The van der Waals surface area contributed by atoms with E-state index in [-0.39, 0.29) is 18.6 Å². The molecule has 0 bridgehead atoms. The normalized spacial score (nSPS) is 17.1. The number of carbonyl (C=O) groups excluding carboxylic acids is 2. The lowest BCUT2D eigenvalue weighted by atomic mass is 10.0. The third-order valence-corrected chi connectivity index (χ3v) is 4.45. The Morgan fingerprint density at radius 1 is 1.14 bits per heavy atom. The van der Waals surface area contributed by atoms with Crippen molar-refractivity contribution in [3.8, 4) is 17.9 Å². The largest absolute Gasteiger partial charge is 0.320 e. The van der Waals surface area contributed by atoms with Gasteiger partial charge < -0.3 is 4.90 Å². The van der Waals surface area contributed by atoms with Crippen molar-refractivity contribution in [1.82, 2.24) is 14.9 Å². The minimum Gasteiger partial charge on any atom is -0.320 e. The first-order valence-electron chi connectivity index (χ1n) is 8.86. The van der Waals surface area contributed by atoms with Crippen LogP contribution in [-0.2, 0) is 4.79 Å². The first kappa shape index (κ1) is 20.1. The van der Waals surface area contributed by atoms with Crippen LogP contribution in [0, 0.1) is 23.2 Å². The van der Waals surface area contributed by atoms with E-state index in [4.69, 9.17) is 5.26 Å². The van der Waals surface area contributed by atoms with Gasteiger partial charge >= 0.3 is 0 Å². The molecule has 0 radical (unpaired) electrons. The number of pyridine rings is 2. The Morgan fingerprint density at radius 2 is 1.86 bits per heavy atom. The summed E-state index contributed by atoms with van der Waals surface area (Å²) in [6, 6.07) is 5.50. The van der Waals surface area contributed by atoms with Gasteiger partial charge in [-0.2, -0.15) is 5.26 Å². The van der Waals surface area contributed by atoms with E-state index in [1.54, 1.807) is 30.6 Å². The molecule has 0 aromatic carbocycles. The molecule has 146 valence electrons. The predicted octanol–water partition coefficient (Wildman–Crippen LogP) is 2.60. The fourth-order valence-electron chi connectivity index (χ4n) is 3.01. The lowest BCUT2D eigenvalue weighted by Gasteiger charge is -2.18. The molecular formula is C21H16F2N4O2. The van der Waals surface area contributed by atoms with Crippen LogP contribution in [-0.4, -0.2) is 45.1 Å². The van der Waals surface area contributed by atoms with Crippen molar-refractivity contribution in [1.29, 1.82) is 5.26 Å². The summed E-state index contributed by atoms with van der Waals surface area (Å²) in [6.07, 6.45) is 4.99. The zero-order chi connectivity index (χ0) is 20.9. The quantitative estimate of drug-likeness (QED) is 0.588. The predicted molar refractivity (Wildman–Crippen MR) is 98.7 cm³/mol. The molecule has 1 atom stereocenters. The number of alkyl halides is 2. The van der Waals surface area contributed by atoms with Crippen molar-refractivity contribution in [3.05, 3.63) is 59.7 Å². The Labute approximate surface area is 166 Å². The molecule has 6 nitrogen and oxygen atoms in total. The molecule has 1 amide bonds. The molecule has 29 heavy (non-hydrogen) atoms. The number of hydrogen-bond acceptors (Lipinski definition) is 5. The maximum atomic E-state index is 13.5. The van der Waals surface area contributed by atoms with E-state index in [1.807, 2.05) is 0 Å². The number of ketones is 1. The zero-order valence-corrected chi connectivity index (χ0v) is 15.3. The molecular weight excluding hydrogens is 378 g/mol. The van der Waals surface area contributed by atoms with Gasteiger partial charge in [0.25, 0.3) is 5.92 Å². The first-order chi connectivity index (χ1) is 13.9. The third kappa shape index (κ3) is 4.99. The average molecular weight is 394 g/mol. The maximum absolute atomic E-state index is 13.5. The topological polar surface area (TPSA) is 87.0 Å². The van der Waals surface area contributed by atoms with Gasteiger partial charge in [-0.1, -0.05) is 11.8 Å². The molecule has 0 aliphatic carbocycles. The minimum absolute atomic E-state index is 0.174. The van der Waals surface area contributed by atoms with Crippen LogP contribution >= 0.6 is 0 Å².